The number of benzene rings is 2. The van der Waals surface area contributed by atoms with Crippen molar-refractivity contribution in [3.05, 3.63) is 70.6 Å². The highest BCUT2D eigenvalue weighted by atomic mass is 16.5. The van der Waals surface area contributed by atoms with Crippen LogP contribution in [0.5, 0.6) is 0 Å². The molecule has 4 rings (SSSR count). The highest BCUT2D eigenvalue weighted by Gasteiger charge is 2.18. The van der Waals surface area contributed by atoms with E-state index < -0.39 is 5.91 Å². The van der Waals surface area contributed by atoms with Gasteiger partial charge in [0.1, 0.15) is 5.58 Å². The molecule has 132 valence electrons. The van der Waals surface area contributed by atoms with E-state index >= 15 is 0 Å². The smallest absolute Gasteiger partial charge is 0.291 e. The van der Waals surface area contributed by atoms with Crippen molar-refractivity contribution in [3.63, 3.8) is 0 Å². The highest BCUT2D eigenvalue weighted by Crippen LogP contribution is 2.27. The van der Waals surface area contributed by atoms with Crippen molar-refractivity contribution in [2.75, 3.05) is 36.5 Å². The van der Waals surface area contributed by atoms with Crippen molar-refractivity contribution >= 4 is 28.3 Å². The molecular formula is C20H18N2O4. The van der Waals surface area contributed by atoms with Gasteiger partial charge in [-0.2, -0.15) is 0 Å². The van der Waals surface area contributed by atoms with Crippen LogP contribution in [0.15, 0.2) is 63.8 Å². The lowest BCUT2D eigenvalue weighted by Crippen LogP contribution is -2.36. The van der Waals surface area contributed by atoms with Gasteiger partial charge in [0.15, 0.2) is 11.2 Å². The molecule has 0 atom stereocenters. The van der Waals surface area contributed by atoms with Gasteiger partial charge in [-0.15, -0.1) is 0 Å². The third-order valence-electron chi connectivity index (χ3n) is 4.36. The topological polar surface area (TPSA) is 71.8 Å². The Morgan fingerprint density at radius 1 is 1.00 bits per heavy atom. The van der Waals surface area contributed by atoms with Crippen molar-refractivity contribution in [1.82, 2.24) is 0 Å². The van der Waals surface area contributed by atoms with Crippen LogP contribution in [0.3, 0.4) is 0 Å². The highest BCUT2D eigenvalue weighted by molar-refractivity contribution is 6.04. The normalized spacial score (nSPS) is 14.4. The summed E-state index contributed by atoms with van der Waals surface area (Å²) in [4.78, 5) is 27.0. The third-order valence-corrected chi connectivity index (χ3v) is 4.36. The number of carbonyl (C=O) groups is 1. The Hall–Kier alpha value is -3.12. The van der Waals surface area contributed by atoms with Gasteiger partial charge in [-0.3, -0.25) is 9.59 Å². The van der Waals surface area contributed by atoms with Gasteiger partial charge >= 0.3 is 0 Å². The van der Waals surface area contributed by atoms with E-state index in [1.807, 2.05) is 24.3 Å². The number of morpholine rings is 1. The van der Waals surface area contributed by atoms with Gasteiger partial charge in [0.25, 0.3) is 5.91 Å². The molecule has 26 heavy (non-hydrogen) atoms. The minimum Gasteiger partial charge on any atom is -0.451 e. The Bertz CT molecular complexity index is 1010. The van der Waals surface area contributed by atoms with Crippen LogP contribution in [0.4, 0.5) is 11.4 Å². The Labute approximate surface area is 150 Å². The predicted molar refractivity (Wildman–Crippen MR) is 99.9 cm³/mol. The van der Waals surface area contributed by atoms with E-state index in [-0.39, 0.29) is 11.2 Å². The second-order valence-corrected chi connectivity index (χ2v) is 6.04. The average molecular weight is 350 g/mol. The van der Waals surface area contributed by atoms with Crippen LogP contribution in [-0.4, -0.2) is 32.2 Å². The van der Waals surface area contributed by atoms with Crippen LogP contribution in [0, 0.1) is 0 Å². The van der Waals surface area contributed by atoms with Crippen molar-refractivity contribution in [1.29, 1.82) is 0 Å². The maximum Gasteiger partial charge on any atom is 0.291 e. The summed E-state index contributed by atoms with van der Waals surface area (Å²) < 4.78 is 11.0. The first-order valence-electron chi connectivity index (χ1n) is 8.48. The lowest BCUT2D eigenvalue weighted by molar-refractivity contribution is 0.0997. The molecule has 1 fully saturated rings. The molecule has 1 saturated heterocycles. The molecule has 6 nitrogen and oxygen atoms in total. The number of ether oxygens (including phenoxy) is 1. The second-order valence-electron chi connectivity index (χ2n) is 6.04. The summed E-state index contributed by atoms with van der Waals surface area (Å²) in [5.41, 5.74) is 1.76. The first-order valence-corrected chi connectivity index (χ1v) is 8.48. The number of rotatable bonds is 3. The number of para-hydroxylation sites is 3. The van der Waals surface area contributed by atoms with E-state index in [0.717, 1.165) is 18.8 Å². The zero-order valence-corrected chi connectivity index (χ0v) is 14.1. The van der Waals surface area contributed by atoms with Gasteiger partial charge in [0, 0.05) is 19.2 Å². The van der Waals surface area contributed by atoms with Crippen LogP contribution in [-0.2, 0) is 4.74 Å². The van der Waals surface area contributed by atoms with Crippen molar-refractivity contribution in [2.24, 2.45) is 0 Å². The fourth-order valence-corrected chi connectivity index (χ4v) is 3.06. The van der Waals surface area contributed by atoms with Gasteiger partial charge in [0.05, 0.1) is 30.0 Å². The summed E-state index contributed by atoms with van der Waals surface area (Å²) in [5.74, 6) is -0.459. The lowest BCUT2D eigenvalue weighted by Gasteiger charge is -2.30. The van der Waals surface area contributed by atoms with Gasteiger partial charge in [-0.05, 0) is 24.3 Å². The van der Waals surface area contributed by atoms with Crippen LogP contribution >= 0.6 is 0 Å². The monoisotopic (exact) mass is 350 g/mol. The van der Waals surface area contributed by atoms with Crippen LogP contribution in [0.2, 0.25) is 0 Å². The molecule has 1 aliphatic heterocycles. The molecule has 0 bridgehead atoms. The molecule has 0 saturated carbocycles. The minimum absolute atomic E-state index is 0.00881. The van der Waals surface area contributed by atoms with Gasteiger partial charge in [-0.1, -0.05) is 24.3 Å². The number of anilines is 2. The molecule has 1 amide bonds. The van der Waals surface area contributed by atoms with Crippen LogP contribution in [0.25, 0.3) is 11.0 Å². The maximum absolute atomic E-state index is 12.7. The summed E-state index contributed by atoms with van der Waals surface area (Å²) in [7, 11) is 0. The van der Waals surface area contributed by atoms with Crippen molar-refractivity contribution in [2.45, 2.75) is 0 Å². The molecular weight excluding hydrogens is 332 g/mol. The second kappa shape index (κ2) is 7.01. The summed E-state index contributed by atoms with van der Waals surface area (Å²) in [5, 5.41) is 3.32. The van der Waals surface area contributed by atoms with E-state index in [0.29, 0.717) is 29.9 Å². The Kier molecular flexibility index (Phi) is 4.41. The first-order chi connectivity index (χ1) is 12.7. The molecule has 1 N–H and O–H groups in total. The molecule has 0 unspecified atom stereocenters. The van der Waals surface area contributed by atoms with E-state index in [2.05, 4.69) is 10.2 Å². The maximum atomic E-state index is 12.7. The van der Waals surface area contributed by atoms with E-state index in [4.69, 9.17) is 9.15 Å². The van der Waals surface area contributed by atoms with Gasteiger partial charge in [-0.25, -0.2) is 0 Å². The SMILES string of the molecule is O=C(Nc1ccccc1N1CCOCC1)c1cc(=O)c2ccccc2o1. The fraction of sp³-hybridized carbons (Fsp3) is 0.200. The lowest BCUT2D eigenvalue weighted by atomic mass is 10.2. The Morgan fingerprint density at radius 2 is 1.73 bits per heavy atom. The Morgan fingerprint density at radius 3 is 2.58 bits per heavy atom. The van der Waals surface area contributed by atoms with E-state index in [1.165, 1.54) is 6.07 Å². The molecule has 1 aliphatic rings. The third kappa shape index (κ3) is 3.19. The van der Waals surface area contributed by atoms with Crippen molar-refractivity contribution < 1.29 is 13.9 Å². The van der Waals surface area contributed by atoms with E-state index in [9.17, 15) is 9.59 Å². The molecule has 0 radical (unpaired) electrons. The summed E-state index contributed by atoms with van der Waals surface area (Å²) in [6.45, 7) is 2.83. The zero-order valence-electron chi connectivity index (χ0n) is 14.1. The molecule has 0 spiro atoms. The zero-order chi connectivity index (χ0) is 17.9. The fourth-order valence-electron chi connectivity index (χ4n) is 3.06. The van der Waals surface area contributed by atoms with Crippen LogP contribution < -0.4 is 15.6 Å². The molecule has 3 aromatic rings. The van der Waals surface area contributed by atoms with E-state index in [1.54, 1.807) is 24.3 Å². The molecule has 2 aromatic carbocycles. The minimum atomic E-state index is -0.450. The Balaban J connectivity index is 1.64. The predicted octanol–water partition coefficient (Wildman–Crippen LogP) is 2.88. The molecule has 6 heteroatoms. The average Bonchev–Trinajstić information content (AvgIpc) is 2.69. The van der Waals surface area contributed by atoms with Crippen LogP contribution in [0.1, 0.15) is 10.6 Å². The molecule has 2 heterocycles. The van der Waals surface area contributed by atoms with Gasteiger partial charge < -0.3 is 19.4 Å². The number of hydrogen-bond acceptors (Lipinski definition) is 5. The van der Waals surface area contributed by atoms with Crippen molar-refractivity contribution in [3.8, 4) is 0 Å². The largest absolute Gasteiger partial charge is 0.451 e. The number of nitrogens with zero attached hydrogens (tertiary/aromatic N) is 1. The number of carbonyl (C=O) groups excluding carboxylic acids is 1. The number of fused-ring (bicyclic) bond motifs is 1. The standard InChI is InChI=1S/C20H18N2O4/c23-17-13-19(26-18-8-4-1-5-14(17)18)20(24)21-15-6-2-3-7-16(15)22-9-11-25-12-10-22/h1-8,13H,9-12H2,(H,21,24). The summed E-state index contributed by atoms with van der Waals surface area (Å²) >= 11 is 0. The summed E-state index contributed by atoms with van der Waals surface area (Å²) in [6, 6.07) is 15.7. The quantitative estimate of drug-likeness (QED) is 0.786. The first kappa shape index (κ1) is 16.4. The number of nitrogens with one attached hydrogen (secondary N) is 1. The number of hydrogen-bond donors (Lipinski definition) is 1. The molecule has 1 aromatic heterocycles. The van der Waals surface area contributed by atoms with Gasteiger partial charge in [0.2, 0.25) is 0 Å². The molecule has 0 aliphatic carbocycles. The number of amides is 1. The summed E-state index contributed by atoms with van der Waals surface area (Å²) in [6.07, 6.45) is 0.